The van der Waals surface area contributed by atoms with Crippen molar-refractivity contribution in [2.75, 3.05) is 25.9 Å². The predicted molar refractivity (Wildman–Crippen MR) is 63.7 cm³/mol. The Bertz CT molecular complexity index is 192. The van der Waals surface area contributed by atoms with Gasteiger partial charge < -0.3 is 10.6 Å². The van der Waals surface area contributed by atoms with E-state index in [9.17, 15) is 0 Å². The molecule has 0 radical (unpaired) electrons. The second-order valence-corrected chi connectivity index (χ2v) is 6.09. The highest BCUT2D eigenvalue weighted by atomic mass is 32.2. The molecule has 0 aromatic rings. The van der Waals surface area contributed by atoms with Crippen molar-refractivity contribution in [1.82, 2.24) is 4.90 Å². The Morgan fingerprint density at radius 2 is 2.21 bits per heavy atom. The minimum atomic E-state index is 0.181. The number of piperidine rings is 1. The van der Waals surface area contributed by atoms with E-state index in [1.54, 1.807) is 0 Å². The van der Waals surface area contributed by atoms with E-state index in [2.05, 4.69) is 11.2 Å². The van der Waals surface area contributed by atoms with E-state index in [0.717, 1.165) is 11.8 Å². The van der Waals surface area contributed by atoms with Gasteiger partial charge in [-0.2, -0.15) is 11.8 Å². The van der Waals surface area contributed by atoms with Gasteiger partial charge in [-0.15, -0.1) is 0 Å². The number of hydrogen-bond acceptors (Lipinski definition) is 3. The molecular formula is C11H22N2S. The molecule has 0 spiro atoms. The molecule has 2 N–H and O–H groups in total. The maximum absolute atomic E-state index is 6.27. The SMILES string of the molecule is CSC1CCCN(CC2(N)CCC2)C1. The van der Waals surface area contributed by atoms with E-state index in [1.807, 2.05) is 11.8 Å². The lowest BCUT2D eigenvalue weighted by molar-refractivity contribution is 0.130. The molecule has 1 saturated heterocycles. The van der Waals surface area contributed by atoms with E-state index < -0.39 is 0 Å². The standard InChI is InChI=1S/C11H22N2S/c1-14-10-4-2-7-13(8-10)9-11(12)5-3-6-11/h10H,2-9,12H2,1H3. The Morgan fingerprint density at radius 3 is 2.79 bits per heavy atom. The number of thioether (sulfide) groups is 1. The molecule has 1 aliphatic carbocycles. The normalized spacial score (nSPS) is 32.6. The highest BCUT2D eigenvalue weighted by Crippen LogP contribution is 2.31. The molecule has 82 valence electrons. The Kier molecular flexibility index (Phi) is 3.40. The van der Waals surface area contributed by atoms with E-state index in [4.69, 9.17) is 5.73 Å². The van der Waals surface area contributed by atoms with Crippen LogP contribution in [-0.4, -0.2) is 41.6 Å². The molecular weight excluding hydrogens is 192 g/mol. The smallest absolute Gasteiger partial charge is 0.0283 e. The molecule has 0 amide bonds. The minimum Gasteiger partial charge on any atom is -0.324 e. The zero-order valence-electron chi connectivity index (χ0n) is 9.17. The summed E-state index contributed by atoms with van der Waals surface area (Å²) in [4.78, 5) is 2.59. The zero-order valence-corrected chi connectivity index (χ0v) is 9.98. The summed E-state index contributed by atoms with van der Waals surface area (Å²) in [5.74, 6) is 0. The molecule has 0 aromatic heterocycles. The summed E-state index contributed by atoms with van der Waals surface area (Å²) in [6.45, 7) is 3.68. The van der Waals surface area contributed by atoms with E-state index in [0.29, 0.717) is 0 Å². The van der Waals surface area contributed by atoms with Crippen molar-refractivity contribution >= 4 is 11.8 Å². The van der Waals surface area contributed by atoms with Crippen molar-refractivity contribution in [2.45, 2.75) is 42.9 Å². The molecule has 14 heavy (non-hydrogen) atoms. The molecule has 2 fully saturated rings. The van der Waals surface area contributed by atoms with Crippen molar-refractivity contribution in [3.63, 3.8) is 0 Å². The van der Waals surface area contributed by atoms with Gasteiger partial charge in [0, 0.05) is 23.9 Å². The average molecular weight is 214 g/mol. The number of hydrogen-bond donors (Lipinski definition) is 1. The topological polar surface area (TPSA) is 29.3 Å². The summed E-state index contributed by atoms with van der Waals surface area (Å²) in [7, 11) is 0. The Labute approximate surface area is 91.6 Å². The quantitative estimate of drug-likeness (QED) is 0.775. The van der Waals surface area contributed by atoms with Gasteiger partial charge in [0.2, 0.25) is 0 Å². The van der Waals surface area contributed by atoms with Gasteiger partial charge in [-0.3, -0.25) is 0 Å². The third kappa shape index (κ3) is 2.44. The van der Waals surface area contributed by atoms with Gasteiger partial charge in [-0.25, -0.2) is 0 Å². The zero-order chi connectivity index (χ0) is 10.0. The highest BCUT2D eigenvalue weighted by molar-refractivity contribution is 7.99. The van der Waals surface area contributed by atoms with Crippen LogP contribution in [0, 0.1) is 0 Å². The lowest BCUT2D eigenvalue weighted by Crippen LogP contribution is -2.56. The Balaban J connectivity index is 1.79. The lowest BCUT2D eigenvalue weighted by atomic mass is 9.77. The third-order valence-corrected chi connectivity index (χ3v) is 4.73. The predicted octanol–water partition coefficient (Wildman–Crippen LogP) is 1.70. The summed E-state index contributed by atoms with van der Waals surface area (Å²) in [6.07, 6.45) is 8.82. The molecule has 1 heterocycles. The third-order valence-electron chi connectivity index (χ3n) is 3.68. The van der Waals surface area contributed by atoms with Crippen molar-refractivity contribution in [3.05, 3.63) is 0 Å². The second kappa shape index (κ2) is 4.42. The van der Waals surface area contributed by atoms with Crippen LogP contribution in [-0.2, 0) is 0 Å². The summed E-state index contributed by atoms with van der Waals surface area (Å²) in [5.41, 5.74) is 6.45. The van der Waals surface area contributed by atoms with E-state index in [1.165, 1.54) is 45.2 Å². The highest BCUT2D eigenvalue weighted by Gasteiger charge is 2.35. The first kappa shape index (κ1) is 10.8. The fourth-order valence-electron chi connectivity index (χ4n) is 2.58. The number of nitrogens with two attached hydrogens (primary N) is 1. The monoisotopic (exact) mass is 214 g/mol. The molecule has 0 aromatic carbocycles. The fourth-order valence-corrected chi connectivity index (χ4v) is 3.35. The summed E-state index contributed by atoms with van der Waals surface area (Å²) < 4.78 is 0. The second-order valence-electron chi connectivity index (χ2n) is 4.95. The van der Waals surface area contributed by atoms with Crippen molar-refractivity contribution in [3.8, 4) is 0 Å². The van der Waals surface area contributed by atoms with Crippen LogP contribution in [0.15, 0.2) is 0 Å². The van der Waals surface area contributed by atoms with Crippen LogP contribution in [0.2, 0.25) is 0 Å². The maximum Gasteiger partial charge on any atom is 0.0283 e. The van der Waals surface area contributed by atoms with E-state index >= 15 is 0 Å². The molecule has 2 nitrogen and oxygen atoms in total. The summed E-state index contributed by atoms with van der Waals surface area (Å²) in [6, 6.07) is 0. The minimum absolute atomic E-state index is 0.181. The van der Waals surface area contributed by atoms with Crippen LogP contribution < -0.4 is 5.73 Å². The number of nitrogens with zero attached hydrogens (tertiary/aromatic N) is 1. The van der Waals surface area contributed by atoms with Crippen LogP contribution in [0.4, 0.5) is 0 Å². The molecule has 1 saturated carbocycles. The maximum atomic E-state index is 6.27. The van der Waals surface area contributed by atoms with Gasteiger partial charge >= 0.3 is 0 Å². The van der Waals surface area contributed by atoms with E-state index in [-0.39, 0.29) is 5.54 Å². The van der Waals surface area contributed by atoms with Crippen LogP contribution in [0.1, 0.15) is 32.1 Å². The van der Waals surface area contributed by atoms with Crippen LogP contribution in [0.5, 0.6) is 0 Å². The molecule has 3 heteroatoms. The molecule has 2 rings (SSSR count). The van der Waals surface area contributed by atoms with Crippen molar-refractivity contribution < 1.29 is 0 Å². The van der Waals surface area contributed by atoms with Gasteiger partial charge in [0.25, 0.3) is 0 Å². The molecule has 1 aliphatic heterocycles. The first-order chi connectivity index (χ1) is 6.72. The number of likely N-dealkylation sites (tertiary alicyclic amines) is 1. The molecule has 0 bridgehead atoms. The van der Waals surface area contributed by atoms with Crippen LogP contribution in [0.3, 0.4) is 0 Å². The first-order valence-electron chi connectivity index (χ1n) is 5.76. The number of rotatable bonds is 3. The van der Waals surface area contributed by atoms with Gasteiger partial charge in [-0.05, 0) is 44.9 Å². The Hall–Kier alpha value is 0.270. The van der Waals surface area contributed by atoms with Crippen molar-refractivity contribution in [1.29, 1.82) is 0 Å². The summed E-state index contributed by atoms with van der Waals surface area (Å²) >= 11 is 2.02. The Morgan fingerprint density at radius 1 is 1.43 bits per heavy atom. The lowest BCUT2D eigenvalue weighted by Gasteiger charge is -2.44. The van der Waals surface area contributed by atoms with Gasteiger partial charge in [0.15, 0.2) is 0 Å². The van der Waals surface area contributed by atoms with Crippen molar-refractivity contribution in [2.24, 2.45) is 5.73 Å². The largest absolute Gasteiger partial charge is 0.324 e. The van der Waals surface area contributed by atoms with Gasteiger partial charge in [-0.1, -0.05) is 0 Å². The van der Waals surface area contributed by atoms with Crippen LogP contribution in [0.25, 0.3) is 0 Å². The summed E-state index contributed by atoms with van der Waals surface area (Å²) in [5, 5.41) is 0.854. The first-order valence-corrected chi connectivity index (χ1v) is 7.05. The van der Waals surface area contributed by atoms with Crippen LogP contribution >= 0.6 is 11.8 Å². The molecule has 1 unspecified atom stereocenters. The molecule has 2 aliphatic rings. The van der Waals surface area contributed by atoms with Gasteiger partial charge in [0.05, 0.1) is 0 Å². The van der Waals surface area contributed by atoms with Gasteiger partial charge in [0.1, 0.15) is 0 Å². The fraction of sp³-hybridized carbons (Fsp3) is 1.00. The average Bonchev–Trinajstić information content (AvgIpc) is 2.16. The molecule has 1 atom stereocenters.